The van der Waals surface area contributed by atoms with E-state index in [0.717, 1.165) is 30.9 Å². The Morgan fingerprint density at radius 3 is 2.56 bits per heavy atom. The van der Waals surface area contributed by atoms with E-state index in [9.17, 15) is 0 Å². The van der Waals surface area contributed by atoms with Crippen LogP contribution >= 0.6 is 0 Å². The third-order valence-electron chi connectivity index (χ3n) is 2.82. The molecule has 0 amide bonds. The summed E-state index contributed by atoms with van der Waals surface area (Å²) in [5, 5.41) is 12.1. The minimum absolute atomic E-state index is 0.232. The predicted octanol–water partition coefficient (Wildman–Crippen LogP) is 1.61. The number of aliphatic hydroxyl groups is 1. The fraction of sp³-hybridized carbons (Fsp3) is 0.571. The van der Waals surface area contributed by atoms with E-state index in [1.807, 2.05) is 18.2 Å². The highest BCUT2D eigenvalue weighted by molar-refractivity contribution is 5.43. The van der Waals surface area contributed by atoms with Crippen molar-refractivity contribution in [2.24, 2.45) is 0 Å². The number of nitrogens with one attached hydrogen (secondary N) is 1. The van der Waals surface area contributed by atoms with Crippen molar-refractivity contribution in [3.8, 4) is 11.5 Å². The SMILES string of the molecule is COc1ccc(CC(C)NCCCO)cc1OC. The molecule has 0 spiro atoms. The zero-order chi connectivity index (χ0) is 13.4. The molecule has 0 aromatic heterocycles. The smallest absolute Gasteiger partial charge is 0.160 e. The van der Waals surface area contributed by atoms with Gasteiger partial charge in [-0.3, -0.25) is 0 Å². The van der Waals surface area contributed by atoms with Crippen LogP contribution in [0.5, 0.6) is 11.5 Å². The fourth-order valence-corrected chi connectivity index (χ4v) is 1.86. The Balaban J connectivity index is 2.56. The van der Waals surface area contributed by atoms with Gasteiger partial charge in [0.05, 0.1) is 14.2 Å². The largest absolute Gasteiger partial charge is 0.493 e. The van der Waals surface area contributed by atoms with E-state index in [0.29, 0.717) is 6.04 Å². The highest BCUT2D eigenvalue weighted by Crippen LogP contribution is 2.27. The molecule has 1 atom stereocenters. The van der Waals surface area contributed by atoms with E-state index in [4.69, 9.17) is 14.6 Å². The molecule has 2 N–H and O–H groups in total. The van der Waals surface area contributed by atoms with E-state index in [-0.39, 0.29) is 6.61 Å². The van der Waals surface area contributed by atoms with Gasteiger partial charge in [0.2, 0.25) is 0 Å². The molecule has 1 unspecified atom stereocenters. The second-order valence-electron chi connectivity index (χ2n) is 4.33. The van der Waals surface area contributed by atoms with Crippen molar-refractivity contribution in [2.45, 2.75) is 25.8 Å². The van der Waals surface area contributed by atoms with E-state index < -0.39 is 0 Å². The molecule has 0 saturated heterocycles. The molecular weight excluding hydrogens is 230 g/mol. The summed E-state index contributed by atoms with van der Waals surface area (Å²) in [5.74, 6) is 1.51. The van der Waals surface area contributed by atoms with Crippen molar-refractivity contribution >= 4 is 0 Å². The van der Waals surface area contributed by atoms with Gasteiger partial charge in [-0.25, -0.2) is 0 Å². The maximum Gasteiger partial charge on any atom is 0.160 e. The maximum absolute atomic E-state index is 8.72. The number of hydrogen-bond acceptors (Lipinski definition) is 4. The summed E-state index contributed by atoms with van der Waals surface area (Å²) < 4.78 is 10.5. The first-order valence-corrected chi connectivity index (χ1v) is 6.26. The molecule has 4 nitrogen and oxygen atoms in total. The zero-order valence-corrected chi connectivity index (χ0v) is 11.4. The van der Waals surface area contributed by atoms with Crippen LogP contribution in [-0.4, -0.2) is 38.5 Å². The highest BCUT2D eigenvalue weighted by Gasteiger charge is 2.07. The lowest BCUT2D eigenvalue weighted by molar-refractivity contribution is 0.283. The molecule has 1 rings (SSSR count). The van der Waals surface area contributed by atoms with Crippen molar-refractivity contribution in [3.63, 3.8) is 0 Å². The average Bonchev–Trinajstić information content (AvgIpc) is 2.39. The molecule has 18 heavy (non-hydrogen) atoms. The summed E-state index contributed by atoms with van der Waals surface area (Å²) in [5.41, 5.74) is 1.21. The predicted molar refractivity (Wildman–Crippen MR) is 72.4 cm³/mol. The summed E-state index contributed by atoms with van der Waals surface area (Å²) in [6, 6.07) is 6.35. The van der Waals surface area contributed by atoms with Crippen LogP contribution < -0.4 is 14.8 Å². The molecular formula is C14H23NO3. The molecule has 4 heteroatoms. The molecule has 0 aliphatic rings. The van der Waals surface area contributed by atoms with Crippen LogP contribution in [0.1, 0.15) is 18.9 Å². The third-order valence-corrected chi connectivity index (χ3v) is 2.82. The quantitative estimate of drug-likeness (QED) is 0.691. The Bertz CT molecular complexity index is 355. The van der Waals surface area contributed by atoms with Crippen molar-refractivity contribution < 1.29 is 14.6 Å². The van der Waals surface area contributed by atoms with Gasteiger partial charge in [0.1, 0.15) is 0 Å². The summed E-state index contributed by atoms with van der Waals surface area (Å²) in [7, 11) is 3.28. The van der Waals surface area contributed by atoms with Crippen LogP contribution in [-0.2, 0) is 6.42 Å². The standard InChI is InChI=1S/C14H23NO3/c1-11(15-7-4-8-16)9-12-5-6-13(17-2)14(10-12)18-3/h5-6,10-11,15-16H,4,7-9H2,1-3H3. The molecule has 1 aromatic carbocycles. The summed E-state index contributed by atoms with van der Waals surface area (Å²) in [6.45, 7) is 3.20. The number of aliphatic hydroxyl groups excluding tert-OH is 1. The first-order chi connectivity index (χ1) is 8.71. The van der Waals surface area contributed by atoms with Gasteiger partial charge in [0.25, 0.3) is 0 Å². The molecule has 0 fully saturated rings. The van der Waals surface area contributed by atoms with Crippen molar-refractivity contribution in [1.82, 2.24) is 5.32 Å². The Morgan fingerprint density at radius 1 is 1.22 bits per heavy atom. The Hall–Kier alpha value is -1.26. The van der Waals surface area contributed by atoms with Crippen molar-refractivity contribution in [3.05, 3.63) is 23.8 Å². The summed E-state index contributed by atoms with van der Waals surface area (Å²) in [4.78, 5) is 0. The lowest BCUT2D eigenvalue weighted by Crippen LogP contribution is -2.29. The van der Waals surface area contributed by atoms with E-state index in [1.165, 1.54) is 5.56 Å². The van der Waals surface area contributed by atoms with Crippen LogP contribution in [0, 0.1) is 0 Å². The lowest BCUT2D eigenvalue weighted by Gasteiger charge is -2.15. The van der Waals surface area contributed by atoms with Crippen LogP contribution in [0.15, 0.2) is 18.2 Å². The van der Waals surface area contributed by atoms with E-state index in [1.54, 1.807) is 14.2 Å². The van der Waals surface area contributed by atoms with Gasteiger partial charge in [-0.15, -0.1) is 0 Å². The van der Waals surface area contributed by atoms with E-state index >= 15 is 0 Å². The zero-order valence-electron chi connectivity index (χ0n) is 11.4. The van der Waals surface area contributed by atoms with E-state index in [2.05, 4.69) is 12.2 Å². The molecule has 102 valence electrons. The number of methoxy groups -OCH3 is 2. The Labute approximate surface area is 109 Å². The Kier molecular flexibility index (Phi) is 6.54. The van der Waals surface area contributed by atoms with Gasteiger partial charge in [0, 0.05) is 12.6 Å². The van der Waals surface area contributed by atoms with Gasteiger partial charge in [-0.2, -0.15) is 0 Å². The van der Waals surface area contributed by atoms with Gasteiger partial charge >= 0.3 is 0 Å². The molecule has 0 bridgehead atoms. The molecule has 0 radical (unpaired) electrons. The first kappa shape index (κ1) is 14.8. The normalized spacial score (nSPS) is 12.2. The molecule has 1 aromatic rings. The first-order valence-electron chi connectivity index (χ1n) is 6.26. The van der Waals surface area contributed by atoms with Crippen LogP contribution in [0.4, 0.5) is 0 Å². The molecule has 0 heterocycles. The highest BCUT2D eigenvalue weighted by atomic mass is 16.5. The van der Waals surface area contributed by atoms with Crippen LogP contribution in [0.25, 0.3) is 0 Å². The Morgan fingerprint density at radius 2 is 1.94 bits per heavy atom. The van der Waals surface area contributed by atoms with Gasteiger partial charge < -0.3 is 19.9 Å². The van der Waals surface area contributed by atoms with Crippen molar-refractivity contribution in [2.75, 3.05) is 27.4 Å². The second kappa shape index (κ2) is 7.95. The fourth-order valence-electron chi connectivity index (χ4n) is 1.86. The topological polar surface area (TPSA) is 50.7 Å². The molecule has 0 saturated carbocycles. The average molecular weight is 253 g/mol. The van der Waals surface area contributed by atoms with Crippen molar-refractivity contribution in [1.29, 1.82) is 0 Å². The minimum Gasteiger partial charge on any atom is -0.493 e. The summed E-state index contributed by atoms with van der Waals surface area (Å²) >= 11 is 0. The molecule has 0 aliphatic heterocycles. The number of benzene rings is 1. The van der Waals surface area contributed by atoms with Crippen LogP contribution in [0.2, 0.25) is 0 Å². The summed E-state index contributed by atoms with van der Waals surface area (Å²) in [6.07, 6.45) is 1.71. The number of rotatable bonds is 8. The minimum atomic E-state index is 0.232. The van der Waals surface area contributed by atoms with Gasteiger partial charge in [-0.05, 0) is 44.0 Å². The third kappa shape index (κ3) is 4.55. The van der Waals surface area contributed by atoms with Gasteiger partial charge in [-0.1, -0.05) is 6.07 Å². The lowest BCUT2D eigenvalue weighted by atomic mass is 10.1. The molecule has 0 aliphatic carbocycles. The maximum atomic E-state index is 8.72. The monoisotopic (exact) mass is 253 g/mol. The second-order valence-corrected chi connectivity index (χ2v) is 4.33. The van der Waals surface area contributed by atoms with Gasteiger partial charge in [0.15, 0.2) is 11.5 Å². The number of hydrogen-bond donors (Lipinski definition) is 2. The van der Waals surface area contributed by atoms with Crippen LogP contribution in [0.3, 0.4) is 0 Å². The number of ether oxygens (including phenoxy) is 2.